The van der Waals surface area contributed by atoms with E-state index in [1.54, 1.807) is 0 Å². The second kappa shape index (κ2) is 12.7. The van der Waals surface area contributed by atoms with Crippen molar-refractivity contribution in [2.45, 2.75) is 5.41 Å². The molecular formula is C55H36N2O. The van der Waals surface area contributed by atoms with Crippen LogP contribution in [0.5, 0.6) is 0 Å². The fourth-order valence-corrected chi connectivity index (χ4v) is 9.90. The van der Waals surface area contributed by atoms with E-state index in [1.807, 2.05) is 0 Å². The first-order valence-electron chi connectivity index (χ1n) is 19.9. The zero-order chi connectivity index (χ0) is 38.2. The standard InChI is InChI=1S/C55H36N2O/c1-4-19-39(20-5-1)56(42-32-31-37-17-10-11-18-38(37)35-42)43-33-34-48-46(36-43)44-25-12-14-27-47(44)55(48)49-28-16-29-50(52(49)54-53(55)45-26-13-15-30-51(45)58-54)57(40-21-6-2-7-22-40)41-23-8-3-9-24-41/h1-36H. The van der Waals surface area contributed by atoms with Gasteiger partial charge in [-0.25, -0.2) is 0 Å². The Bertz CT molecular complexity index is 3150. The molecule has 0 saturated heterocycles. The highest BCUT2D eigenvalue weighted by Crippen LogP contribution is 2.67. The summed E-state index contributed by atoms with van der Waals surface area (Å²) in [6.45, 7) is 0. The average Bonchev–Trinajstić information content (AvgIpc) is 3.91. The number of rotatable bonds is 6. The first-order chi connectivity index (χ1) is 28.8. The van der Waals surface area contributed by atoms with Crippen LogP contribution in [-0.4, -0.2) is 0 Å². The van der Waals surface area contributed by atoms with E-state index in [1.165, 1.54) is 44.2 Å². The van der Waals surface area contributed by atoms with Gasteiger partial charge in [0.05, 0.1) is 11.1 Å². The van der Waals surface area contributed by atoms with Crippen molar-refractivity contribution < 1.29 is 4.42 Å². The van der Waals surface area contributed by atoms with E-state index in [9.17, 15) is 0 Å². The lowest BCUT2D eigenvalue weighted by atomic mass is 9.70. The topological polar surface area (TPSA) is 19.6 Å². The van der Waals surface area contributed by atoms with Gasteiger partial charge in [-0.3, -0.25) is 0 Å². The molecule has 2 aliphatic rings. The summed E-state index contributed by atoms with van der Waals surface area (Å²) in [5.41, 5.74) is 15.4. The molecule has 1 heterocycles. The molecule has 12 rings (SSSR count). The van der Waals surface area contributed by atoms with Gasteiger partial charge in [0.15, 0.2) is 0 Å². The smallest absolute Gasteiger partial charge is 0.142 e. The molecule has 1 aromatic heterocycles. The Labute approximate surface area is 337 Å². The van der Waals surface area contributed by atoms with Gasteiger partial charge in [-0.05, 0) is 111 Å². The van der Waals surface area contributed by atoms with Crippen molar-refractivity contribution in [3.8, 4) is 22.5 Å². The number of furan rings is 1. The Hall–Kier alpha value is -7.62. The van der Waals surface area contributed by atoms with E-state index in [4.69, 9.17) is 4.42 Å². The quantitative estimate of drug-likeness (QED) is 0.169. The fraction of sp³-hybridized carbons (Fsp3) is 0.0182. The van der Waals surface area contributed by atoms with E-state index < -0.39 is 5.41 Å². The van der Waals surface area contributed by atoms with Crippen LogP contribution in [-0.2, 0) is 5.41 Å². The zero-order valence-corrected chi connectivity index (χ0v) is 31.6. The van der Waals surface area contributed by atoms with Crippen LogP contribution in [0.15, 0.2) is 223 Å². The molecule has 1 atom stereocenters. The van der Waals surface area contributed by atoms with E-state index >= 15 is 0 Å². The SMILES string of the molecule is c1ccc(N(c2ccc3c(c2)-c2ccccc2C32c3cccc(N(c4ccccc4)c4ccccc4)c3-c3oc4ccccc4c32)c2ccc3ccccc3c2)cc1. The summed E-state index contributed by atoms with van der Waals surface area (Å²) >= 11 is 0. The van der Waals surface area contributed by atoms with Crippen molar-refractivity contribution in [1.82, 2.24) is 0 Å². The van der Waals surface area contributed by atoms with Crippen molar-refractivity contribution >= 4 is 55.9 Å². The highest BCUT2D eigenvalue weighted by atomic mass is 16.3. The first-order valence-corrected chi connectivity index (χ1v) is 19.9. The van der Waals surface area contributed by atoms with Gasteiger partial charge in [0.1, 0.15) is 11.3 Å². The number of para-hydroxylation sites is 4. The lowest BCUT2D eigenvalue weighted by Gasteiger charge is -2.32. The highest BCUT2D eigenvalue weighted by Gasteiger charge is 2.55. The van der Waals surface area contributed by atoms with Crippen molar-refractivity contribution in [3.05, 3.63) is 241 Å². The molecule has 0 N–H and O–H groups in total. The molecule has 58 heavy (non-hydrogen) atoms. The van der Waals surface area contributed by atoms with Crippen molar-refractivity contribution in [2.24, 2.45) is 0 Å². The van der Waals surface area contributed by atoms with E-state index in [0.717, 1.165) is 56.4 Å². The van der Waals surface area contributed by atoms with E-state index in [2.05, 4.69) is 228 Å². The molecular weight excluding hydrogens is 705 g/mol. The minimum absolute atomic E-state index is 0.614. The third-order valence-corrected chi connectivity index (χ3v) is 12.2. The molecule has 0 radical (unpaired) electrons. The predicted molar refractivity (Wildman–Crippen MR) is 239 cm³/mol. The van der Waals surface area contributed by atoms with Gasteiger partial charge in [0.25, 0.3) is 0 Å². The molecule has 272 valence electrons. The maximum absolute atomic E-state index is 7.09. The van der Waals surface area contributed by atoms with E-state index in [0.29, 0.717) is 0 Å². The number of anilines is 6. The average molecular weight is 741 g/mol. The molecule has 9 aromatic carbocycles. The number of hydrogen-bond acceptors (Lipinski definition) is 3. The molecule has 0 saturated carbocycles. The third kappa shape index (κ3) is 4.62. The summed E-state index contributed by atoms with van der Waals surface area (Å²) in [4.78, 5) is 4.76. The van der Waals surface area contributed by atoms with Crippen molar-refractivity contribution in [3.63, 3.8) is 0 Å². The molecule has 0 bridgehead atoms. The van der Waals surface area contributed by atoms with Crippen LogP contribution in [0.3, 0.4) is 0 Å². The summed E-state index contributed by atoms with van der Waals surface area (Å²) in [6.07, 6.45) is 0. The summed E-state index contributed by atoms with van der Waals surface area (Å²) in [5.74, 6) is 0.928. The van der Waals surface area contributed by atoms with Crippen LogP contribution in [0.1, 0.15) is 22.3 Å². The first kappa shape index (κ1) is 32.6. The maximum Gasteiger partial charge on any atom is 0.142 e. The van der Waals surface area contributed by atoms with Gasteiger partial charge < -0.3 is 14.2 Å². The number of fused-ring (bicyclic) bond motifs is 13. The van der Waals surface area contributed by atoms with Crippen LogP contribution in [0.4, 0.5) is 34.1 Å². The summed E-state index contributed by atoms with van der Waals surface area (Å²) in [6, 6.07) is 78.9. The van der Waals surface area contributed by atoms with Crippen molar-refractivity contribution in [2.75, 3.05) is 9.80 Å². The van der Waals surface area contributed by atoms with Gasteiger partial charge in [-0.15, -0.1) is 0 Å². The number of nitrogens with zero attached hydrogens (tertiary/aromatic N) is 2. The lowest BCUT2D eigenvalue weighted by molar-refractivity contribution is 0.628. The fourth-order valence-electron chi connectivity index (χ4n) is 9.90. The van der Waals surface area contributed by atoms with Gasteiger partial charge in [-0.2, -0.15) is 0 Å². The largest absolute Gasteiger partial charge is 0.456 e. The maximum atomic E-state index is 7.09. The monoisotopic (exact) mass is 740 g/mol. The van der Waals surface area contributed by atoms with Crippen LogP contribution in [0.2, 0.25) is 0 Å². The minimum Gasteiger partial charge on any atom is -0.456 e. The molecule has 0 fully saturated rings. The minimum atomic E-state index is -0.614. The van der Waals surface area contributed by atoms with Gasteiger partial charge >= 0.3 is 0 Å². The Morgan fingerprint density at radius 2 is 0.931 bits per heavy atom. The van der Waals surface area contributed by atoms with Gasteiger partial charge in [-0.1, -0.05) is 146 Å². The Morgan fingerprint density at radius 1 is 0.362 bits per heavy atom. The predicted octanol–water partition coefficient (Wildman–Crippen LogP) is 14.9. The second-order valence-electron chi connectivity index (χ2n) is 15.2. The normalized spacial score (nSPS) is 14.6. The molecule has 2 aliphatic carbocycles. The Morgan fingerprint density at radius 3 is 1.69 bits per heavy atom. The third-order valence-electron chi connectivity index (χ3n) is 12.2. The molecule has 3 nitrogen and oxygen atoms in total. The summed E-state index contributed by atoms with van der Waals surface area (Å²) in [5, 5.41) is 3.58. The lowest BCUT2D eigenvalue weighted by Crippen LogP contribution is -2.26. The number of hydrogen-bond donors (Lipinski definition) is 0. The number of benzene rings is 9. The molecule has 0 amide bonds. The van der Waals surface area contributed by atoms with Crippen LogP contribution in [0, 0.1) is 0 Å². The van der Waals surface area contributed by atoms with Gasteiger partial charge in [0, 0.05) is 45.0 Å². The molecule has 0 aliphatic heterocycles. The highest BCUT2D eigenvalue weighted by molar-refractivity contribution is 6.06. The van der Waals surface area contributed by atoms with Crippen LogP contribution < -0.4 is 9.80 Å². The van der Waals surface area contributed by atoms with Crippen molar-refractivity contribution in [1.29, 1.82) is 0 Å². The Balaban J connectivity index is 1.14. The molecule has 1 unspecified atom stereocenters. The Kier molecular flexibility index (Phi) is 7.14. The molecule has 10 aromatic rings. The van der Waals surface area contributed by atoms with Gasteiger partial charge in [0.2, 0.25) is 0 Å². The van der Waals surface area contributed by atoms with Crippen LogP contribution >= 0.6 is 0 Å². The summed E-state index contributed by atoms with van der Waals surface area (Å²) < 4.78 is 7.09. The molecule has 1 spiro atoms. The zero-order valence-electron chi connectivity index (χ0n) is 31.6. The molecule has 3 heteroatoms. The van der Waals surface area contributed by atoms with Crippen LogP contribution in [0.25, 0.3) is 44.2 Å². The summed E-state index contributed by atoms with van der Waals surface area (Å²) in [7, 11) is 0. The van der Waals surface area contributed by atoms with E-state index in [-0.39, 0.29) is 0 Å². The second-order valence-corrected chi connectivity index (χ2v) is 15.2.